The predicted octanol–water partition coefficient (Wildman–Crippen LogP) is 4.67. The highest BCUT2D eigenvalue weighted by molar-refractivity contribution is 7.12. The Kier molecular flexibility index (Phi) is 3.46. The number of aromatic nitrogens is 3. The fourth-order valence-electron chi connectivity index (χ4n) is 1.79. The number of nitrogens with zero attached hydrogens (tertiary/aromatic N) is 3. The molecule has 0 N–H and O–H groups in total. The third-order valence-electron chi connectivity index (χ3n) is 2.75. The van der Waals surface area contributed by atoms with Gasteiger partial charge in [-0.15, -0.1) is 11.3 Å². The largest absolute Gasteiger partial charge is 0.433 e. The van der Waals surface area contributed by atoms with E-state index in [4.69, 9.17) is 11.6 Å². The Labute approximate surface area is 126 Å². The van der Waals surface area contributed by atoms with Gasteiger partial charge in [0, 0.05) is 16.0 Å². The van der Waals surface area contributed by atoms with Crippen LogP contribution in [0.15, 0.2) is 41.9 Å². The van der Waals surface area contributed by atoms with E-state index in [1.165, 1.54) is 0 Å². The number of benzene rings is 1. The first-order chi connectivity index (χ1) is 9.95. The first-order valence-corrected chi connectivity index (χ1v) is 7.04. The Morgan fingerprint density at radius 2 is 1.81 bits per heavy atom. The van der Waals surface area contributed by atoms with Crippen LogP contribution in [0.4, 0.5) is 13.2 Å². The Bertz CT molecular complexity index is 762. The van der Waals surface area contributed by atoms with E-state index in [0.29, 0.717) is 10.7 Å². The fourth-order valence-corrected chi connectivity index (χ4v) is 2.71. The van der Waals surface area contributed by atoms with Crippen molar-refractivity contribution in [1.29, 1.82) is 0 Å². The Morgan fingerprint density at radius 3 is 2.48 bits per heavy atom. The van der Waals surface area contributed by atoms with Gasteiger partial charge in [0.25, 0.3) is 0 Å². The van der Waals surface area contributed by atoms with Crippen molar-refractivity contribution >= 4 is 22.9 Å². The lowest BCUT2D eigenvalue weighted by Gasteiger charge is -2.07. The first-order valence-electron chi connectivity index (χ1n) is 5.78. The van der Waals surface area contributed by atoms with Crippen LogP contribution in [0.5, 0.6) is 0 Å². The number of alkyl halides is 3. The van der Waals surface area contributed by atoms with Gasteiger partial charge < -0.3 is 0 Å². The third kappa shape index (κ3) is 2.79. The van der Waals surface area contributed by atoms with Crippen molar-refractivity contribution in [3.8, 4) is 16.4 Å². The number of hydrogen-bond donors (Lipinski definition) is 0. The molecule has 0 fully saturated rings. The predicted molar refractivity (Wildman–Crippen MR) is 74.7 cm³/mol. The maximum atomic E-state index is 12.8. The normalized spacial score (nSPS) is 11.8. The Hall–Kier alpha value is -1.86. The molecule has 2 heterocycles. The molecule has 0 saturated heterocycles. The second-order valence-corrected chi connectivity index (χ2v) is 5.42. The number of halogens is 4. The highest BCUT2D eigenvalue weighted by Gasteiger charge is 2.35. The molecule has 3 nitrogen and oxygen atoms in total. The van der Waals surface area contributed by atoms with Gasteiger partial charge in [-0.3, -0.25) is 0 Å². The molecule has 0 spiro atoms. The maximum Gasteiger partial charge on any atom is 0.433 e. The quantitative estimate of drug-likeness (QED) is 0.684. The lowest BCUT2D eigenvalue weighted by molar-refractivity contribution is -0.142. The van der Waals surface area contributed by atoms with Crippen molar-refractivity contribution in [2.45, 2.75) is 6.18 Å². The van der Waals surface area contributed by atoms with Crippen molar-refractivity contribution in [2.75, 3.05) is 0 Å². The summed E-state index contributed by atoms with van der Waals surface area (Å²) in [4.78, 5) is 4.20. The van der Waals surface area contributed by atoms with E-state index >= 15 is 0 Å². The van der Waals surface area contributed by atoms with Crippen LogP contribution in [0.3, 0.4) is 0 Å². The topological polar surface area (TPSA) is 30.7 Å². The van der Waals surface area contributed by atoms with Gasteiger partial charge in [0.15, 0.2) is 5.69 Å². The van der Waals surface area contributed by atoms with Gasteiger partial charge in [-0.2, -0.15) is 18.3 Å². The molecule has 3 aromatic rings. The minimum atomic E-state index is -4.47. The standard InChI is InChI=1S/C13H7ClF3N3S/c14-9-3-1-8(2-4-9)10-7-21-12(19-10)20-11(5-6-18-20)13(15,16)17/h1-7H. The summed E-state index contributed by atoms with van der Waals surface area (Å²) in [6.07, 6.45) is -3.37. The monoisotopic (exact) mass is 329 g/mol. The van der Waals surface area contributed by atoms with Crippen LogP contribution >= 0.6 is 22.9 Å². The van der Waals surface area contributed by atoms with Crippen LogP contribution in [0.2, 0.25) is 5.02 Å². The zero-order chi connectivity index (χ0) is 15.0. The van der Waals surface area contributed by atoms with Gasteiger partial charge in [-0.05, 0) is 18.2 Å². The smallest absolute Gasteiger partial charge is 0.218 e. The van der Waals surface area contributed by atoms with Crippen molar-refractivity contribution in [1.82, 2.24) is 14.8 Å². The molecule has 0 amide bonds. The van der Waals surface area contributed by atoms with Crippen LogP contribution in [0, 0.1) is 0 Å². The van der Waals surface area contributed by atoms with Crippen LogP contribution in [0.25, 0.3) is 16.4 Å². The van der Waals surface area contributed by atoms with Gasteiger partial charge in [-0.25, -0.2) is 9.67 Å². The number of thiazole rings is 1. The maximum absolute atomic E-state index is 12.8. The molecule has 0 aliphatic heterocycles. The third-order valence-corrected chi connectivity index (χ3v) is 3.81. The van der Waals surface area contributed by atoms with Gasteiger partial charge in [-0.1, -0.05) is 23.7 Å². The molecule has 2 aromatic heterocycles. The van der Waals surface area contributed by atoms with Crippen molar-refractivity contribution in [2.24, 2.45) is 0 Å². The fraction of sp³-hybridized carbons (Fsp3) is 0.0769. The average Bonchev–Trinajstić information content (AvgIpc) is 3.07. The number of rotatable bonds is 2. The molecule has 0 saturated carbocycles. The summed E-state index contributed by atoms with van der Waals surface area (Å²) in [5.41, 5.74) is 0.511. The molecule has 0 aliphatic carbocycles. The second-order valence-electron chi connectivity index (χ2n) is 4.15. The van der Waals surface area contributed by atoms with Crippen molar-refractivity contribution in [3.63, 3.8) is 0 Å². The van der Waals surface area contributed by atoms with E-state index in [9.17, 15) is 13.2 Å². The van der Waals surface area contributed by atoms with E-state index in [1.807, 2.05) is 0 Å². The zero-order valence-corrected chi connectivity index (χ0v) is 11.9. The van der Waals surface area contributed by atoms with E-state index in [-0.39, 0.29) is 5.13 Å². The highest BCUT2D eigenvalue weighted by Crippen LogP contribution is 2.32. The molecule has 1 aromatic carbocycles. The van der Waals surface area contributed by atoms with E-state index in [0.717, 1.165) is 33.8 Å². The van der Waals surface area contributed by atoms with Gasteiger partial charge in [0.1, 0.15) is 0 Å². The first kappa shape index (κ1) is 14.1. The molecule has 0 radical (unpaired) electrons. The molecular formula is C13H7ClF3N3S. The summed E-state index contributed by atoms with van der Waals surface area (Å²) in [6.45, 7) is 0. The van der Waals surface area contributed by atoms with E-state index < -0.39 is 11.9 Å². The summed E-state index contributed by atoms with van der Waals surface area (Å²) in [5.74, 6) is 0. The summed E-state index contributed by atoms with van der Waals surface area (Å²) in [6, 6.07) is 7.84. The molecule has 0 bridgehead atoms. The molecule has 108 valence electrons. The molecule has 8 heteroatoms. The van der Waals surface area contributed by atoms with Gasteiger partial charge in [0.2, 0.25) is 5.13 Å². The highest BCUT2D eigenvalue weighted by atomic mass is 35.5. The van der Waals surface area contributed by atoms with Crippen LogP contribution in [0.1, 0.15) is 5.69 Å². The Morgan fingerprint density at radius 1 is 1.10 bits per heavy atom. The number of hydrogen-bond acceptors (Lipinski definition) is 3. The molecular weight excluding hydrogens is 323 g/mol. The molecule has 0 aliphatic rings. The van der Waals surface area contributed by atoms with Crippen molar-refractivity contribution in [3.05, 3.63) is 52.6 Å². The minimum Gasteiger partial charge on any atom is -0.218 e. The molecule has 0 atom stereocenters. The summed E-state index contributed by atoms with van der Waals surface area (Å²) >= 11 is 6.89. The summed E-state index contributed by atoms with van der Waals surface area (Å²) < 4.78 is 39.3. The molecule has 3 rings (SSSR count). The molecule has 0 unspecified atom stereocenters. The van der Waals surface area contributed by atoms with E-state index in [1.54, 1.807) is 29.6 Å². The Balaban J connectivity index is 1.99. The van der Waals surface area contributed by atoms with E-state index in [2.05, 4.69) is 10.1 Å². The average molecular weight is 330 g/mol. The van der Waals surface area contributed by atoms with Gasteiger partial charge in [0.05, 0.1) is 11.9 Å². The van der Waals surface area contributed by atoms with Gasteiger partial charge >= 0.3 is 6.18 Å². The molecule has 21 heavy (non-hydrogen) atoms. The minimum absolute atomic E-state index is 0.164. The lowest BCUT2D eigenvalue weighted by Crippen LogP contribution is -2.12. The van der Waals surface area contributed by atoms with Crippen LogP contribution in [-0.2, 0) is 6.18 Å². The van der Waals surface area contributed by atoms with Crippen LogP contribution in [-0.4, -0.2) is 14.8 Å². The SMILES string of the molecule is FC(F)(F)c1ccnn1-c1nc(-c2ccc(Cl)cc2)cs1. The summed E-state index contributed by atoms with van der Waals surface area (Å²) in [7, 11) is 0. The van der Waals surface area contributed by atoms with Crippen molar-refractivity contribution < 1.29 is 13.2 Å². The lowest BCUT2D eigenvalue weighted by atomic mass is 10.2. The summed E-state index contributed by atoms with van der Waals surface area (Å²) in [5, 5.41) is 6.13. The van der Waals surface area contributed by atoms with Crippen LogP contribution < -0.4 is 0 Å². The second kappa shape index (κ2) is 5.16. The zero-order valence-electron chi connectivity index (χ0n) is 10.3.